The summed E-state index contributed by atoms with van der Waals surface area (Å²) in [5.41, 5.74) is 7.42. The molecule has 0 unspecified atom stereocenters. The van der Waals surface area contributed by atoms with Gasteiger partial charge >= 0.3 is 0 Å². The molecule has 1 saturated heterocycles. The molecule has 4 heteroatoms. The third kappa shape index (κ3) is 3.90. The number of thioether (sulfide) groups is 1. The van der Waals surface area contributed by atoms with Gasteiger partial charge in [-0.2, -0.15) is 11.8 Å². The summed E-state index contributed by atoms with van der Waals surface area (Å²) in [5, 5.41) is 0. The van der Waals surface area contributed by atoms with Crippen molar-refractivity contribution in [3.63, 3.8) is 0 Å². The molecule has 1 heterocycles. The van der Waals surface area contributed by atoms with Gasteiger partial charge in [0.2, 0.25) is 5.91 Å². The SMILES string of the molecule is CCN(C(=O)CC1CCSCC1)c1cccc(N)c1. The van der Waals surface area contributed by atoms with Crippen LogP contribution < -0.4 is 10.6 Å². The molecule has 0 saturated carbocycles. The molecule has 0 radical (unpaired) electrons. The van der Waals surface area contributed by atoms with Crippen LogP contribution in [0.25, 0.3) is 0 Å². The zero-order chi connectivity index (χ0) is 13.7. The maximum Gasteiger partial charge on any atom is 0.227 e. The lowest BCUT2D eigenvalue weighted by Gasteiger charge is -2.26. The number of nitrogens with two attached hydrogens (primary N) is 1. The summed E-state index contributed by atoms with van der Waals surface area (Å²) >= 11 is 2.00. The van der Waals surface area contributed by atoms with E-state index in [1.54, 1.807) is 0 Å². The fourth-order valence-corrected chi connectivity index (χ4v) is 3.71. The molecule has 3 nitrogen and oxygen atoms in total. The van der Waals surface area contributed by atoms with E-state index < -0.39 is 0 Å². The summed E-state index contributed by atoms with van der Waals surface area (Å²) in [6, 6.07) is 7.57. The van der Waals surface area contributed by atoms with Gasteiger partial charge in [0.25, 0.3) is 0 Å². The van der Waals surface area contributed by atoms with Gasteiger partial charge in [0.15, 0.2) is 0 Å². The van der Waals surface area contributed by atoms with Crippen molar-refractivity contribution in [3.8, 4) is 0 Å². The average Bonchev–Trinajstić information content (AvgIpc) is 2.41. The molecule has 19 heavy (non-hydrogen) atoms. The molecule has 0 aromatic heterocycles. The lowest BCUT2D eigenvalue weighted by atomic mass is 9.98. The van der Waals surface area contributed by atoms with Crippen molar-refractivity contribution in [1.82, 2.24) is 0 Å². The van der Waals surface area contributed by atoms with E-state index in [4.69, 9.17) is 5.73 Å². The van der Waals surface area contributed by atoms with Gasteiger partial charge in [-0.3, -0.25) is 4.79 Å². The van der Waals surface area contributed by atoms with Gasteiger partial charge in [-0.05, 0) is 55.4 Å². The quantitative estimate of drug-likeness (QED) is 0.861. The molecular weight excluding hydrogens is 256 g/mol. The van der Waals surface area contributed by atoms with Crippen molar-refractivity contribution in [2.24, 2.45) is 5.92 Å². The molecule has 0 aliphatic carbocycles. The Kier molecular flexibility index (Phi) is 5.14. The number of carbonyl (C=O) groups excluding carboxylic acids is 1. The zero-order valence-corrected chi connectivity index (χ0v) is 12.3. The number of hydrogen-bond donors (Lipinski definition) is 1. The Morgan fingerprint density at radius 1 is 1.42 bits per heavy atom. The van der Waals surface area contributed by atoms with E-state index >= 15 is 0 Å². The smallest absolute Gasteiger partial charge is 0.227 e. The van der Waals surface area contributed by atoms with Crippen LogP contribution in [0.15, 0.2) is 24.3 Å². The second-order valence-electron chi connectivity index (χ2n) is 4.99. The molecule has 1 aliphatic heterocycles. The predicted molar refractivity (Wildman–Crippen MR) is 83.5 cm³/mol. The van der Waals surface area contributed by atoms with E-state index in [1.165, 1.54) is 24.3 Å². The summed E-state index contributed by atoms with van der Waals surface area (Å²) < 4.78 is 0. The Bertz CT molecular complexity index is 430. The minimum Gasteiger partial charge on any atom is -0.399 e. The zero-order valence-electron chi connectivity index (χ0n) is 11.5. The van der Waals surface area contributed by atoms with Crippen LogP contribution in [0.3, 0.4) is 0 Å². The van der Waals surface area contributed by atoms with Crippen molar-refractivity contribution < 1.29 is 4.79 Å². The topological polar surface area (TPSA) is 46.3 Å². The van der Waals surface area contributed by atoms with Gasteiger partial charge in [0.1, 0.15) is 0 Å². The first-order chi connectivity index (χ1) is 9.20. The highest BCUT2D eigenvalue weighted by molar-refractivity contribution is 7.99. The summed E-state index contributed by atoms with van der Waals surface area (Å²) in [6.07, 6.45) is 3.01. The van der Waals surface area contributed by atoms with Gasteiger partial charge in [-0.1, -0.05) is 6.07 Å². The van der Waals surface area contributed by atoms with Crippen molar-refractivity contribution >= 4 is 29.0 Å². The van der Waals surface area contributed by atoms with Gasteiger partial charge < -0.3 is 10.6 Å². The highest BCUT2D eigenvalue weighted by atomic mass is 32.2. The average molecular weight is 278 g/mol. The van der Waals surface area contributed by atoms with E-state index in [0.29, 0.717) is 24.6 Å². The Labute approximate surface area is 119 Å². The molecule has 0 spiro atoms. The Hall–Kier alpha value is -1.16. The van der Waals surface area contributed by atoms with Crippen LogP contribution in [-0.4, -0.2) is 24.0 Å². The molecule has 2 N–H and O–H groups in total. The van der Waals surface area contributed by atoms with Gasteiger partial charge in [0, 0.05) is 24.3 Å². The molecule has 1 fully saturated rings. The monoisotopic (exact) mass is 278 g/mol. The summed E-state index contributed by atoms with van der Waals surface area (Å²) in [6.45, 7) is 2.71. The number of benzene rings is 1. The highest BCUT2D eigenvalue weighted by Gasteiger charge is 2.21. The van der Waals surface area contributed by atoms with Gasteiger partial charge in [0.05, 0.1) is 0 Å². The third-order valence-electron chi connectivity index (χ3n) is 3.60. The third-order valence-corrected chi connectivity index (χ3v) is 4.65. The Balaban J connectivity index is 2.02. The lowest BCUT2D eigenvalue weighted by molar-refractivity contribution is -0.119. The maximum absolute atomic E-state index is 12.4. The van der Waals surface area contributed by atoms with Crippen molar-refractivity contribution in [2.75, 3.05) is 28.7 Å². The molecule has 2 rings (SSSR count). The standard InChI is InChI=1S/C15H22N2OS/c1-2-17(14-5-3-4-13(16)11-14)15(18)10-12-6-8-19-9-7-12/h3-5,11-12H,2,6-10,16H2,1H3. The number of hydrogen-bond acceptors (Lipinski definition) is 3. The van der Waals surface area contributed by atoms with Crippen LogP contribution >= 0.6 is 11.8 Å². The summed E-state index contributed by atoms with van der Waals surface area (Å²) in [4.78, 5) is 14.3. The number of nitrogens with zero attached hydrogens (tertiary/aromatic N) is 1. The highest BCUT2D eigenvalue weighted by Crippen LogP contribution is 2.27. The minimum absolute atomic E-state index is 0.227. The minimum atomic E-state index is 0.227. The Morgan fingerprint density at radius 3 is 2.79 bits per heavy atom. The first-order valence-electron chi connectivity index (χ1n) is 6.94. The van der Waals surface area contributed by atoms with Gasteiger partial charge in [-0.25, -0.2) is 0 Å². The molecular formula is C15H22N2OS. The number of nitrogen functional groups attached to an aromatic ring is 1. The molecule has 1 aromatic rings. The van der Waals surface area contributed by atoms with Crippen LogP contribution in [0.1, 0.15) is 26.2 Å². The van der Waals surface area contributed by atoms with E-state index in [1.807, 2.05) is 47.9 Å². The largest absolute Gasteiger partial charge is 0.399 e. The maximum atomic E-state index is 12.4. The van der Waals surface area contributed by atoms with Crippen molar-refractivity contribution in [3.05, 3.63) is 24.3 Å². The van der Waals surface area contributed by atoms with E-state index in [0.717, 1.165) is 5.69 Å². The second-order valence-corrected chi connectivity index (χ2v) is 6.22. The Morgan fingerprint density at radius 2 is 2.16 bits per heavy atom. The first-order valence-corrected chi connectivity index (χ1v) is 8.10. The molecule has 1 amide bonds. The summed E-state index contributed by atoms with van der Waals surface area (Å²) in [7, 11) is 0. The van der Waals surface area contributed by atoms with Crippen LogP contribution in [0.5, 0.6) is 0 Å². The molecule has 1 aliphatic rings. The van der Waals surface area contributed by atoms with E-state index in [9.17, 15) is 4.79 Å². The predicted octanol–water partition coefficient (Wildman–Crippen LogP) is 3.16. The molecule has 0 atom stereocenters. The number of amides is 1. The molecule has 1 aromatic carbocycles. The summed E-state index contributed by atoms with van der Waals surface area (Å²) in [5.74, 6) is 3.18. The number of carbonyl (C=O) groups is 1. The molecule has 0 bridgehead atoms. The fraction of sp³-hybridized carbons (Fsp3) is 0.533. The van der Waals surface area contributed by atoms with Crippen LogP contribution in [0.4, 0.5) is 11.4 Å². The fourth-order valence-electron chi connectivity index (χ4n) is 2.50. The normalized spacial score (nSPS) is 16.3. The van der Waals surface area contributed by atoms with Crippen LogP contribution in [-0.2, 0) is 4.79 Å². The van der Waals surface area contributed by atoms with Crippen molar-refractivity contribution in [2.45, 2.75) is 26.2 Å². The van der Waals surface area contributed by atoms with E-state index in [-0.39, 0.29) is 5.91 Å². The number of rotatable bonds is 4. The van der Waals surface area contributed by atoms with E-state index in [2.05, 4.69) is 0 Å². The first kappa shape index (κ1) is 14.3. The van der Waals surface area contributed by atoms with Gasteiger partial charge in [-0.15, -0.1) is 0 Å². The van der Waals surface area contributed by atoms with Crippen LogP contribution in [0.2, 0.25) is 0 Å². The number of anilines is 2. The molecule has 104 valence electrons. The lowest BCUT2D eigenvalue weighted by Crippen LogP contribution is -2.32. The van der Waals surface area contributed by atoms with Crippen LogP contribution in [0, 0.1) is 5.92 Å². The van der Waals surface area contributed by atoms with Crippen molar-refractivity contribution in [1.29, 1.82) is 0 Å². The second kappa shape index (κ2) is 6.85.